The summed E-state index contributed by atoms with van der Waals surface area (Å²) in [7, 11) is 0. The van der Waals surface area contributed by atoms with Gasteiger partial charge in [0, 0.05) is 35.2 Å². The fraction of sp³-hybridized carbons (Fsp3) is 0.571. The molecule has 0 amide bonds. The van der Waals surface area contributed by atoms with E-state index in [9.17, 15) is 0 Å². The molecule has 1 aliphatic heterocycles. The van der Waals surface area contributed by atoms with Crippen LogP contribution >= 0.6 is 23.2 Å². The predicted octanol–water partition coefficient (Wildman–Crippen LogP) is 2.97. The van der Waals surface area contributed by atoms with Crippen LogP contribution in [0.4, 0.5) is 0 Å². The largest absolute Gasteiger partial charge is 0.394 e. The first-order valence-corrected chi connectivity index (χ1v) is 7.34. The molecule has 0 aromatic heterocycles. The zero-order valence-corrected chi connectivity index (χ0v) is 12.3. The molecule has 0 unspecified atom stereocenters. The molecule has 19 heavy (non-hydrogen) atoms. The highest BCUT2D eigenvalue weighted by Crippen LogP contribution is 2.27. The fourth-order valence-corrected chi connectivity index (χ4v) is 2.88. The van der Waals surface area contributed by atoms with Crippen LogP contribution in [0.3, 0.4) is 0 Å². The summed E-state index contributed by atoms with van der Waals surface area (Å²) in [4.78, 5) is 2.34. The van der Waals surface area contributed by atoms with Gasteiger partial charge in [0.25, 0.3) is 0 Å². The van der Waals surface area contributed by atoms with Crippen molar-refractivity contribution in [3.05, 3.63) is 33.8 Å². The molecule has 1 aromatic rings. The summed E-state index contributed by atoms with van der Waals surface area (Å²) in [6.45, 7) is 3.25. The highest BCUT2D eigenvalue weighted by Gasteiger charge is 2.20. The zero-order chi connectivity index (χ0) is 13.7. The first-order valence-electron chi connectivity index (χ1n) is 6.58. The molecule has 3 nitrogen and oxygen atoms in total. The molecule has 1 fully saturated rings. The number of piperidine rings is 1. The summed E-state index contributed by atoms with van der Waals surface area (Å²) in [5.41, 5.74) is 1.00. The molecule has 0 saturated carbocycles. The number of halogens is 2. The fourth-order valence-electron chi connectivity index (χ4n) is 2.36. The lowest BCUT2D eigenvalue weighted by molar-refractivity contribution is -0.00900. The smallest absolute Gasteiger partial charge is 0.0701 e. The van der Waals surface area contributed by atoms with Gasteiger partial charge in [0.1, 0.15) is 0 Å². The minimum Gasteiger partial charge on any atom is -0.394 e. The summed E-state index contributed by atoms with van der Waals surface area (Å²) in [6.07, 6.45) is 2.24. The van der Waals surface area contributed by atoms with E-state index in [-0.39, 0.29) is 12.7 Å². The second kappa shape index (κ2) is 7.46. The van der Waals surface area contributed by atoms with Crippen molar-refractivity contribution in [1.29, 1.82) is 0 Å². The monoisotopic (exact) mass is 303 g/mol. The third kappa shape index (κ3) is 4.33. The molecule has 1 heterocycles. The Morgan fingerprint density at radius 2 is 1.84 bits per heavy atom. The van der Waals surface area contributed by atoms with Crippen LogP contribution in [0.1, 0.15) is 18.4 Å². The van der Waals surface area contributed by atoms with Gasteiger partial charge >= 0.3 is 0 Å². The molecule has 0 atom stereocenters. The van der Waals surface area contributed by atoms with Gasteiger partial charge in [0.05, 0.1) is 19.3 Å². The van der Waals surface area contributed by atoms with Crippen LogP contribution in [-0.4, -0.2) is 42.4 Å². The molecule has 1 N–H and O–H groups in total. The van der Waals surface area contributed by atoms with Crippen molar-refractivity contribution in [3.8, 4) is 0 Å². The minimum absolute atomic E-state index is 0.0927. The van der Waals surface area contributed by atoms with E-state index in [2.05, 4.69) is 4.90 Å². The van der Waals surface area contributed by atoms with E-state index in [4.69, 9.17) is 33.0 Å². The van der Waals surface area contributed by atoms with Crippen LogP contribution < -0.4 is 0 Å². The SMILES string of the molecule is OCCOC1CCN(Cc2c(Cl)cccc2Cl)CC1. The van der Waals surface area contributed by atoms with E-state index in [0.29, 0.717) is 6.61 Å². The molecular formula is C14H19Cl2NO2. The summed E-state index contributed by atoms with van der Waals surface area (Å²) in [5, 5.41) is 10.2. The van der Waals surface area contributed by atoms with Crippen LogP contribution in [0, 0.1) is 0 Å². The topological polar surface area (TPSA) is 32.7 Å². The molecule has 5 heteroatoms. The van der Waals surface area contributed by atoms with Crippen LogP contribution in [0.2, 0.25) is 10.0 Å². The molecule has 0 bridgehead atoms. The Bertz CT molecular complexity index is 386. The molecule has 0 radical (unpaired) electrons. The van der Waals surface area contributed by atoms with E-state index < -0.39 is 0 Å². The number of ether oxygens (including phenoxy) is 1. The Labute approximate surface area is 124 Å². The predicted molar refractivity (Wildman–Crippen MR) is 77.8 cm³/mol. The van der Waals surface area contributed by atoms with Crippen molar-refractivity contribution in [1.82, 2.24) is 4.90 Å². The van der Waals surface area contributed by atoms with Crippen LogP contribution in [0.15, 0.2) is 18.2 Å². The summed E-state index contributed by atoms with van der Waals surface area (Å²) in [6, 6.07) is 5.61. The van der Waals surface area contributed by atoms with Gasteiger partial charge in [-0.2, -0.15) is 0 Å². The third-order valence-electron chi connectivity index (χ3n) is 3.42. The van der Waals surface area contributed by atoms with Gasteiger partial charge in [0.15, 0.2) is 0 Å². The second-order valence-corrected chi connectivity index (χ2v) is 5.58. The van der Waals surface area contributed by atoms with Crippen molar-refractivity contribution in [2.24, 2.45) is 0 Å². The summed E-state index contributed by atoms with van der Waals surface area (Å²) >= 11 is 12.4. The number of rotatable bonds is 5. The van der Waals surface area contributed by atoms with E-state index in [1.165, 1.54) is 0 Å². The van der Waals surface area contributed by atoms with Crippen molar-refractivity contribution < 1.29 is 9.84 Å². The number of aliphatic hydroxyl groups is 1. The maximum atomic E-state index is 8.74. The van der Waals surface area contributed by atoms with E-state index in [1.54, 1.807) is 0 Å². The van der Waals surface area contributed by atoms with Gasteiger partial charge in [-0.15, -0.1) is 0 Å². The minimum atomic E-state index is 0.0927. The Morgan fingerprint density at radius 3 is 2.42 bits per heavy atom. The van der Waals surface area contributed by atoms with Crippen LogP contribution in [0.5, 0.6) is 0 Å². The molecule has 0 aliphatic carbocycles. The van der Waals surface area contributed by atoms with Gasteiger partial charge in [-0.1, -0.05) is 29.3 Å². The van der Waals surface area contributed by atoms with E-state index in [0.717, 1.165) is 48.1 Å². The van der Waals surface area contributed by atoms with E-state index in [1.807, 2.05) is 18.2 Å². The number of hydrogen-bond acceptors (Lipinski definition) is 3. The first kappa shape index (κ1) is 15.1. The second-order valence-electron chi connectivity index (χ2n) is 4.77. The summed E-state index contributed by atoms with van der Waals surface area (Å²) in [5.74, 6) is 0. The van der Waals surface area contributed by atoms with E-state index >= 15 is 0 Å². The molecule has 1 aliphatic rings. The van der Waals surface area contributed by atoms with Crippen molar-refractivity contribution in [2.45, 2.75) is 25.5 Å². The highest BCUT2D eigenvalue weighted by atomic mass is 35.5. The molecule has 2 rings (SSSR count). The average Bonchev–Trinajstić information content (AvgIpc) is 2.42. The molecule has 106 valence electrons. The molecule has 0 spiro atoms. The maximum Gasteiger partial charge on any atom is 0.0701 e. The Kier molecular flexibility index (Phi) is 5.92. The number of likely N-dealkylation sites (tertiary alicyclic amines) is 1. The standard InChI is InChI=1S/C14H19Cl2NO2/c15-13-2-1-3-14(16)12(13)10-17-6-4-11(5-7-17)19-9-8-18/h1-3,11,18H,4-10H2. The first-order chi connectivity index (χ1) is 9.20. The maximum absolute atomic E-state index is 8.74. The number of hydrogen-bond donors (Lipinski definition) is 1. The summed E-state index contributed by atoms with van der Waals surface area (Å²) < 4.78 is 5.55. The Morgan fingerprint density at radius 1 is 1.21 bits per heavy atom. The lowest BCUT2D eigenvalue weighted by atomic mass is 10.1. The lowest BCUT2D eigenvalue weighted by Gasteiger charge is -2.32. The molecular weight excluding hydrogens is 285 g/mol. The van der Waals surface area contributed by atoms with Gasteiger partial charge in [0.2, 0.25) is 0 Å². The Balaban J connectivity index is 1.85. The van der Waals surface area contributed by atoms with Gasteiger partial charge < -0.3 is 9.84 Å². The van der Waals surface area contributed by atoms with Gasteiger partial charge in [-0.05, 0) is 25.0 Å². The van der Waals surface area contributed by atoms with Crippen molar-refractivity contribution in [2.75, 3.05) is 26.3 Å². The quantitative estimate of drug-likeness (QED) is 0.908. The Hall–Kier alpha value is -0.320. The number of aliphatic hydroxyl groups excluding tert-OH is 1. The zero-order valence-electron chi connectivity index (χ0n) is 10.8. The van der Waals surface area contributed by atoms with Crippen molar-refractivity contribution in [3.63, 3.8) is 0 Å². The third-order valence-corrected chi connectivity index (χ3v) is 4.13. The van der Waals surface area contributed by atoms with Crippen molar-refractivity contribution >= 4 is 23.2 Å². The average molecular weight is 304 g/mol. The van der Waals surface area contributed by atoms with Gasteiger partial charge in [-0.3, -0.25) is 4.90 Å². The molecule has 1 saturated heterocycles. The number of benzene rings is 1. The van der Waals surface area contributed by atoms with Crippen LogP contribution in [0.25, 0.3) is 0 Å². The van der Waals surface area contributed by atoms with Crippen LogP contribution in [-0.2, 0) is 11.3 Å². The lowest BCUT2D eigenvalue weighted by Crippen LogP contribution is -2.37. The van der Waals surface area contributed by atoms with Gasteiger partial charge in [-0.25, -0.2) is 0 Å². The number of nitrogens with zero attached hydrogens (tertiary/aromatic N) is 1. The normalized spacial score (nSPS) is 17.8. The highest BCUT2D eigenvalue weighted by molar-refractivity contribution is 6.35. The molecule has 1 aromatic carbocycles.